The van der Waals surface area contributed by atoms with Crippen LogP contribution in [0.4, 0.5) is 5.69 Å². The molecule has 2 aromatic carbocycles. The van der Waals surface area contributed by atoms with Crippen LogP contribution in [0.2, 0.25) is 0 Å². The predicted molar refractivity (Wildman–Crippen MR) is 108 cm³/mol. The van der Waals surface area contributed by atoms with Gasteiger partial charge in [0.05, 0.1) is 10.6 Å². The van der Waals surface area contributed by atoms with Crippen LogP contribution in [0, 0.1) is 27.7 Å². The minimum Gasteiger partial charge on any atom is -0.311 e. The van der Waals surface area contributed by atoms with E-state index >= 15 is 0 Å². The lowest BCUT2D eigenvalue weighted by atomic mass is 10.0. The van der Waals surface area contributed by atoms with E-state index in [0.717, 1.165) is 27.1 Å². The third-order valence-electron chi connectivity index (χ3n) is 4.57. The van der Waals surface area contributed by atoms with Crippen molar-refractivity contribution in [2.45, 2.75) is 42.6 Å². The molecule has 0 aliphatic carbocycles. The lowest BCUT2D eigenvalue weighted by Gasteiger charge is -2.18. The molecule has 142 valence electrons. The van der Waals surface area contributed by atoms with Gasteiger partial charge in [-0.1, -0.05) is 18.2 Å². The van der Waals surface area contributed by atoms with Crippen LogP contribution in [0.15, 0.2) is 51.6 Å². The molecule has 1 aromatic heterocycles. The van der Waals surface area contributed by atoms with Crippen LogP contribution in [0.25, 0.3) is 0 Å². The maximum Gasteiger partial charge on any atom is 0.262 e. The first-order chi connectivity index (χ1) is 12.7. The van der Waals surface area contributed by atoms with Gasteiger partial charge in [0.2, 0.25) is 0 Å². The molecule has 3 aromatic rings. The zero-order chi connectivity index (χ0) is 19.8. The molecule has 1 heterocycles. The van der Waals surface area contributed by atoms with E-state index in [-0.39, 0.29) is 0 Å². The average Bonchev–Trinajstić information content (AvgIpc) is 2.99. The zero-order valence-corrected chi connectivity index (χ0v) is 17.6. The lowest BCUT2D eigenvalue weighted by molar-refractivity contribution is 0.599. The Hall–Kier alpha value is -2.32. The first-order valence-electron chi connectivity index (χ1n) is 8.42. The third-order valence-corrected chi connectivity index (χ3v) is 7.34. The van der Waals surface area contributed by atoms with E-state index in [2.05, 4.69) is 14.9 Å². The summed E-state index contributed by atoms with van der Waals surface area (Å²) in [7, 11) is -1.89. The number of hydrogen-bond acceptors (Lipinski definition) is 5. The number of anilines is 1. The molecular weight excluding hydrogens is 380 g/mol. The first-order valence-corrected chi connectivity index (χ1v) is 10.7. The van der Waals surface area contributed by atoms with E-state index in [1.54, 1.807) is 23.0 Å². The number of benzene rings is 2. The second kappa shape index (κ2) is 7.36. The lowest BCUT2D eigenvalue weighted by Crippen LogP contribution is -2.17. The molecule has 8 heteroatoms. The minimum atomic E-state index is -3.74. The van der Waals surface area contributed by atoms with Gasteiger partial charge in [-0.2, -0.15) is 0 Å². The van der Waals surface area contributed by atoms with E-state index in [1.807, 2.05) is 52.9 Å². The SMILES string of the molecule is Cc1cc(C)c(C)c(S(=O)(=O)Nc2ccccc2Sc2nncn2C)c1C. The van der Waals surface area contributed by atoms with E-state index in [1.165, 1.54) is 11.8 Å². The molecule has 0 aliphatic rings. The number of nitrogens with one attached hydrogen (secondary N) is 1. The minimum absolute atomic E-state index is 0.346. The highest BCUT2D eigenvalue weighted by atomic mass is 32.2. The summed E-state index contributed by atoms with van der Waals surface area (Å²) in [5.41, 5.74) is 3.97. The summed E-state index contributed by atoms with van der Waals surface area (Å²) in [6.45, 7) is 7.55. The van der Waals surface area contributed by atoms with E-state index in [4.69, 9.17) is 0 Å². The molecule has 0 saturated carbocycles. The average molecular weight is 403 g/mol. The Morgan fingerprint density at radius 2 is 1.67 bits per heavy atom. The maximum atomic E-state index is 13.2. The number of sulfonamides is 1. The molecule has 27 heavy (non-hydrogen) atoms. The van der Waals surface area contributed by atoms with Crippen molar-refractivity contribution in [1.29, 1.82) is 0 Å². The molecule has 0 saturated heterocycles. The van der Waals surface area contributed by atoms with Crippen LogP contribution in [0.5, 0.6) is 0 Å². The summed E-state index contributed by atoms with van der Waals surface area (Å²) < 4.78 is 31.0. The molecule has 0 fully saturated rings. The summed E-state index contributed by atoms with van der Waals surface area (Å²) in [6, 6.07) is 9.30. The molecule has 0 amide bonds. The monoisotopic (exact) mass is 402 g/mol. The normalized spacial score (nSPS) is 11.6. The fourth-order valence-electron chi connectivity index (χ4n) is 2.88. The number of rotatable bonds is 5. The Morgan fingerprint density at radius 3 is 2.26 bits per heavy atom. The van der Waals surface area contributed by atoms with Crippen LogP contribution < -0.4 is 4.72 Å². The summed E-state index contributed by atoms with van der Waals surface area (Å²) >= 11 is 1.36. The fraction of sp³-hybridized carbons (Fsp3) is 0.263. The molecule has 0 bridgehead atoms. The summed E-state index contributed by atoms with van der Waals surface area (Å²) in [5.74, 6) is 0. The van der Waals surface area contributed by atoms with Crippen molar-refractivity contribution in [3.63, 3.8) is 0 Å². The van der Waals surface area contributed by atoms with Gasteiger partial charge in [-0.15, -0.1) is 10.2 Å². The fourth-order valence-corrected chi connectivity index (χ4v) is 5.50. The zero-order valence-electron chi connectivity index (χ0n) is 15.9. The standard InChI is InChI=1S/C19H22N4O2S2/c1-12-10-13(2)15(4)18(14(12)3)27(24,25)22-16-8-6-7-9-17(16)26-19-21-20-11-23(19)5/h6-11,22H,1-5H3. The molecule has 0 spiro atoms. The highest BCUT2D eigenvalue weighted by molar-refractivity contribution is 7.99. The van der Waals surface area contributed by atoms with Crippen LogP contribution in [0.3, 0.4) is 0 Å². The molecular formula is C19H22N4O2S2. The molecule has 0 radical (unpaired) electrons. The Kier molecular flexibility index (Phi) is 5.30. The van der Waals surface area contributed by atoms with Crippen molar-refractivity contribution in [1.82, 2.24) is 14.8 Å². The van der Waals surface area contributed by atoms with Crippen molar-refractivity contribution in [2.24, 2.45) is 7.05 Å². The second-order valence-corrected chi connectivity index (χ2v) is 9.15. The van der Waals surface area contributed by atoms with Crippen molar-refractivity contribution < 1.29 is 8.42 Å². The van der Waals surface area contributed by atoms with Crippen LogP contribution in [-0.2, 0) is 17.1 Å². The molecule has 0 aliphatic heterocycles. The number of hydrogen-bond donors (Lipinski definition) is 1. The topological polar surface area (TPSA) is 76.9 Å². The number of aromatic nitrogens is 3. The van der Waals surface area contributed by atoms with Crippen molar-refractivity contribution in [3.8, 4) is 0 Å². The number of nitrogens with zero attached hydrogens (tertiary/aromatic N) is 3. The molecule has 0 unspecified atom stereocenters. The second-order valence-electron chi connectivity index (χ2n) is 6.52. The van der Waals surface area contributed by atoms with E-state index in [0.29, 0.717) is 15.7 Å². The Labute approximate surface area is 164 Å². The Bertz CT molecular complexity index is 1080. The van der Waals surface area contributed by atoms with Crippen molar-refractivity contribution in [2.75, 3.05) is 4.72 Å². The van der Waals surface area contributed by atoms with Gasteiger partial charge in [-0.3, -0.25) is 4.72 Å². The smallest absolute Gasteiger partial charge is 0.262 e. The van der Waals surface area contributed by atoms with Gasteiger partial charge < -0.3 is 4.57 Å². The summed E-state index contributed by atoms with van der Waals surface area (Å²) in [5, 5.41) is 8.60. The van der Waals surface area contributed by atoms with Gasteiger partial charge in [-0.25, -0.2) is 8.42 Å². The Morgan fingerprint density at radius 1 is 1.04 bits per heavy atom. The van der Waals surface area contributed by atoms with E-state index < -0.39 is 10.0 Å². The van der Waals surface area contributed by atoms with Gasteiger partial charge in [-0.05, 0) is 73.8 Å². The number of aryl methyl sites for hydroxylation is 3. The highest BCUT2D eigenvalue weighted by Crippen LogP contribution is 2.34. The molecule has 0 atom stereocenters. The summed E-state index contributed by atoms with van der Waals surface area (Å²) in [4.78, 5) is 1.11. The van der Waals surface area contributed by atoms with Gasteiger partial charge in [0, 0.05) is 11.9 Å². The first kappa shape index (κ1) is 19.4. The van der Waals surface area contributed by atoms with Crippen molar-refractivity contribution >= 4 is 27.5 Å². The van der Waals surface area contributed by atoms with Crippen LogP contribution in [0.1, 0.15) is 22.3 Å². The van der Waals surface area contributed by atoms with E-state index in [9.17, 15) is 8.42 Å². The van der Waals surface area contributed by atoms with Gasteiger partial charge in [0.1, 0.15) is 6.33 Å². The molecule has 6 nitrogen and oxygen atoms in total. The molecule has 3 rings (SSSR count). The summed E-state index contributed by atoms with van der Waals surface area (Å²) in [6.07, 6.45) is 1.61. The third kappa shape index (κ3) is 3.86. The number of para-hydroxylation sites is 1. The largest absolute Gasteiger partial charge is 0.311 e. The van der Waals surface area contributed by atoms with Crippen molar-refractivity contribution in [3.05, 3.63) is 58.9 Å². The molecule has 1 N–H and O–H groups in total. The van der Waals surface area contributed by atoms with Crippen LogP contribution >= 0.6 is 11.8 Å². The van der Waals surface area contributed by atoms with Crippen LogP contribution in [-0.4, -0.2) is 23.2 Å². The maximum absolute atomic E-state index is 13.2. The van der Waals surface area contributed by atoms with Gasteiger partial charge in [0.15, 0.2) is 5.16 Å². The quantitative estimate of drug-likeness (QED) is 0.698. The highest BCUT2D eigenvalue weighted by Gasteiger charge is 2.23. The Balaban J connectivity index is 2.02. The van der Waals surface area contributed by atoms with Gasteiger partial charge >= 0.3 is 0 Å². The predicted octanol–water partition coefficient (Wildman–Crippen LogP) is 4.00. The van der Waals surface area contributed by atoms with Gasteiger partial charge in [0.25, 0.3) is 10.0 Å².